The van der Waals surface area contributed by atoms with E-state index in [1.807, 2.05) is 13.8 Å². The molecule has 1 heterocycles. The number of nitrogens with two attached hydrogens (primary N) is 2. The van der Waals surface area contributed by atoms with Crippen LogP contribution in [0, 0.1) is 5.92 Å². The van der Waals surface area contributed by atoms with Gasteiger partial charge in [0.1, 0.15) is 6.04 Å². The highest BCUT2D eigenvalue weighted by atomic mass is 32.1. The summed E-state index contributed by atoms with van der Waals surface area (Å²) in [6.45, 7) is 5.27. The van der Waals surface area contributed by atoms with Crippen LogP contribution in [-0.2, 0) is 16.0 Å². The Bertz CT molecular complexity index is 921. The van der Waals surface area contributed by atoms with Gasteiger partial charge in [0.15, 0.2) is 11.0 Å². The Morgan fingerprint density at radius 1 is 1.10 bits per heavy atom. The molecule has 0 radical (unpaired) electrons. The van der Waals surface area contributed by atoms with Gasteiger partial charge in [0.05, 0.1) is 11.7 Å². The van der Waals surface area contributed by atoms with Crippen molar-refractivity contribution in [3.63, 3.8) is 0 Å². The Balaban J connectivity index is 2.23. The Morgan fingerprint density at radius 3 is 2.29 bits per heavy atom. The van der Waals surface area contributed by atoms with Gasteiger partial charge in [0, 0.05) is 24.9 Å². The maximum absolute atomic E-state index is 13.0. The fraction of sp³-hybridized carbons (Fsp3) is 0.381. The van der Waals surface area contributed by atoms with Crippen molar-refractivity contribution < 1.29 is 14.4 Å². The lowest BCUT2D eigenvalue weighted by Gasteiger charge is -2.23. The normalized spacial score (nSPS) is 12.6. The third-order valence-corrected chi connectivity index (χ3v) is 5.10. The van der Waals surface area contributed by atoms with Crippen molar-refractivity contribution in [2.75, 3.05) is 0 Å². The van der Waals surface area contributed by atoms with E-state index in [1.165, 1.54) is 18.3 Å². The standard InChI is InChI=1S/C21H28N6O3S/c1-12(2)10-17(25-13(3)28)19(30)27-16(18(29)20-24-8-9-31-20)11-14-4-6-15(7-5-14)26-21(22)23/h4-9,12,16-17H,10-11H2,1-3H3,(H,25,28)(H,27,30)(H4,22,23,26). The number of benzene rings is 1. The number of hydrogen-bond acceptors (Lipinski definition) is 6. The molecule has 2 atom stereocenters. The van der Waals surface area contributed by atoms with Crippen LogP contribution in [0.25, 0.3) is 0 Å². The number of carbonyl (C=O) groups is 3. The fourth-order valence-electron chi connectivity index (χ4n) is 3.02. The Hall–Kier alpha value is -3.27. The van der Waals surface area contributed by atoms with Crippen LogP contribution in [0.15, 0.2) is 40.8 Å². The van der Waals surface area contributed by atoms with Gasteiger partial charge in [-0.15, -0.1) is 11.3 Å². The van der Waals surface area contributed by atoms with E-state index >= 15 is 0 Å². The van der Waals surface area contributed by atoms with E-state index in [1.54, 1.807) is 35.8 Å². The SMILES string of the molecule is CC(=O)NC(CC(C)C)C(=O)NC(Cc1ccc(N=C(N)N)cc1)C(=O)c1nccs1. The van der Waals surface area contributed by atoms with Crippen LogP contribution in [0.1, 0.15) is 42.6 Å². The monoisotopic (exact) mass is 444 g/mol. The zero-order chi connectivity index (χ0) is 23.0. The molecular formula is C21H28N6O3S. The number of hydrogen-bond donors (Lipinski definition) is 4. The summed E-state index contributed by atoms with van der Waals surface area (Å²) < 4.78 is 0. The molecule has 1 aromatic carbocycles. The van der Waals surface area contributed by atoms with Crippen molar-refractivity contribution in [3.8, 4) is 0 Å². The average Bonchev–Trinajstić information content (AvgIpc) is 3.21. The second kappa shape index (κ2) is 11.2. The van der Waals surface area contributed by atoms with Gasteiger partial charge in [-0.05, 0) is 30.0 Å². The van der Waals surface area contributed by atoms with Gasteiger partial charge in [0.2, 0.25) is 17.6 Å². The van der Waals surface area contributed by atoms with E-state index in [0.717, 1.165) is 5.56 Å². The topological polar surface area (TPSA) is 153 Å². The minimum absolute atomic E-state index is 0.0500. The molecule has 2 unspecified atom stereocenters. The highest BCUT2D eigenvalue weighted by Crippen LogP contribution is 2.17. The van der Waals surface area contributed by atoms with Gasteiger partial charge < -0.3 is 22.1 Å². The largest absolute Gasteiger partial charge is 0.370 e. The Labute approximate surface area is 185 Å². The van der Waals surface area contributed by atoms with Crippen LogP contribution in [0.4, 0.5) is 5.69 Å². The van der Waals surface area contributed by atoms with Crippen LogP contribution < -0.4 is 22.1 Å². The molecule has 0 bridgehead atoms. The molecule has 0 aliphatic rings. The van der Waals surface area contributed by atoms with Crippen molar-refractivity contribution in [1.29, 1.82) is 0 Å². The zero-order valence-corrected chi connectivity index (χ0v) is 18.6. The molecule has 0 saturated heterocycles. The van der Waals surface area contributed by atoms with Crippen molar-refractivity contribution in [3.05, 3.63) is 46.4 Å². The van der Waals surface area contributed by atoms with Crippen molar-refractivity contribution >= 4 is 40.6 Å². The Kier molecular flexibility index (Phi) is 8.68. The van der Waals surface area contributed by atoms with E-state index in [2.05, 4.69) is 20.6 Å². The molecule has 0 spiro atoms. The third-order valence-electron chi connectivity index (χ3n) is 4.31. The van der Waals surface area contributed by atoms with Crippen molar-refractivity contribution in [1.82, 2.24) is 15.6 Å². The van der Waals surface area contributed by atoms with E-state index < -0.39 is 18.0 Å². The summed E-state index contributed by atoms with van der Waals surface area (Å²) >= 11 is 1.21. The maximum Gasteiger partial charge on any atom is 0.243 e. The summed E-state index contributed by atoms with van der Waals surface area (Å²) in [5.41, 5.74) is 12.2. The number of nitrogens with one attached hydrogen (secondary N) is 2. The summed E-state index contributed by atoms with van der Waals surface area (Å²) in [7, 11) is 0. The van der Waals surface area contributed by atoms with Gasteiger partial charge in [-0.3, -0.25) is 14.4 Å². The molecule has 0 saturated carbocycles. The Morgan fingerprint density at radius 2 is 1.77 bits per heavy atom. The van der Waals surface area contributed by atoms with Crippen LogP contribution in [0.3, 0.4) is 0 Å². The highest BCUT2D eigenvalue weighted by Gasteiger charge is 2.28. The number of guanidine groups is 1. The number of ketones is 1. The molecule has 0 aliphatic carbocycles. The minimum Gasteiger partial charge on any atom is -0.370 e. The predicted octanol–water partition coefficient (Wildman–Crippen LogP) is 1.51. The van der Waals surface area contributed by atoms with Crippen LogP contribution in [0.5, 0.6) is 0 Å². The number of aliphatic imine (C=N–C) groups is 1. The van der Waals surface area contributed by atoms with Gasteiger partial charge in [-0.25, -0.2) is 9.98 Å². The lowest BCUT2D eigenvalue weighted by molar-refractivity contribution is -0.128. The lowest BCUT2D eigenvalue weighted by Crippen LogP contribution is -2.52. The van der Waals surface area contributed by atoms with E-state index in [9.17, 15) is 14.4 Å². The van der Waals surface area contributed by atoms with Crippen molar-refractivity contribution in [2.24, 2.45) is 22.4 Å². The number of nitrogens with zero attached hydrogens (tertiary/aromatic N) is 2. The molecule has 2 aromatic rings. The van der Waals surface area contributed by atoms with Crippen LogP contribution in [-0.4, -0.2) is 40.6 Å². The molecular weight excluding hydrogens is 416 g/mol. The number of rotatable bonds is 10. The molecule has 6 N–H and O–H groups in total. The molecule has 31 heavy (non-hydrogen) atoms. The van der Waals surface area contributed by atoms with E-state index in [-0.39, 0.29) is 30.0 Å². The molecule has 166 valence electrons. The number of amides is 2. The first-order chi connectivity index (χ1) is 14.7. The van der Waals surface area contributed by atoms with Crippen molar-refractivity contribution in [2.45, 2.75) is 45.7 Å². The first-order valence-corrected chi connectivity index (χ1v) is 10.7. The van der Waals surface area contributed by atoms with Gasteiger partial charge in [-0.1, -0.05) is 26.0 Å². The molecule has 1 aromatic heterocycles. The lowest BCUT2D eigenvalue weighted by atomic mass is 9.99. The summed E-state index contributed by atoms with van der Waals surface area (Å²) in [5.74, 6) is -0.873. The first-order valence-electron chi connectivity index (χ1n) is 9.85. The molecule has 0 aliphatic heterocycles. The summed E-state index contributed by atoms with van der Waals surface area (Å²) in [6.07, 6.45) is 2.25. The molecule has 2 rings (SSSR count). The fourth-order valence-corrected chi connectivity index (χ4v) is 3.65. The smallest absolute Gasteiger partial charge is 0.243 e. The highest BCUT2D eigenvalue weighted by molar-refractivity contribution is 7.11. The number of Topliss-reactive ketones (excluding diaryl/α,β-unsaturated/α-hetero) is 1. The van der Waals surface area contributed by atoms with E-state index in [0.29, 0.717) is 17.1 Å². The number of carbonyl (C=O) groups excluding carboxylic acids is 3. The summed E-state index contributed by atoms with van der Waals surface area (Å²) in [4.78, 5) is 45.5. The third kappa shape index (κ3) is 7.82. The molecule has 10 heteroatoms. The predicted molar refractivity (Wildman–Crippen MR) is 121 cm³/mol. The second-order valence-corrected chi connectivity index (χ2v) is 8.45. The van der Waals surface area contributed by atoms with Crippen LogP contribution in [0.2, 0.25) is 0 Å². The zero-order valence-electron chi connectivity index (χ0n) is 17.8. The minimum atomic E-state index is -0.837. The first kappa shape index (κ1) is 24.0. The number of thiazole rings is 1. The van der Waals surface area contributed by atoms with Gasteiger partial charge in [0.25, 0.3) is 0 Å². The van der Waals surface area contributed by atoms with Gasteiger partial charge >= 0.3 is 0 Å². The number of aromatic nitrogens is 1. The van der Waals surface area contributed by atoms with Gasteiger partial charge in [-0.2, -0.15) is 0 Å². The molecule has 2 amide bonds. The quantitative estimate of drug-likeness (QED) is 0.248. The second-order valence-electron chi connectivity index (χ2n) is 7.55. The van der Waals surface area contributed by atoms with Crippen LogP contribution >= 0.6 is 11.3 Å². The maximum atomic E-state index is 13.0. The summed E-state index contributed by atoms with van der Waals surface area (Å²) in [6, 6.07) is 5.45. The summed E-state index contributed by atoms with van der Waals surface area (Å²) in [5, 5.41) is 7.48. The molecule has 9 nitrogen and oxygen atoms in total. The van der Waals surface area contributed by atoms with E-state index in [4.69, 9.17) is 11.5 Å². The average molecular weight is 445 g/mol. The molecule has 0 fully saturated rings.